The molecule has 0 fully saturated rings. The van der Waals surface area contributed by atoms with Gasteiger partial charge in [-0.3, -0.25) is 0 Å². The van der Waals surface area contributed by atoms with Crippen LogP contribution in [0.3, 0.4) is 0 Å². The lowest BCUT2D eigenvalue weighted by atomic mass is 10.1. The number of nitrogens with one attached hydrogen (secondary N) is 1. The Morgan fingerprint density at radius 3 is 2.81 bits per heavy atom. The molecule has 0 unspecified atom stereocenters. The van der Waals surface area contributed by atoms with Crippen LogP contribution in [0.25, 0.3) is 21.3 Å². The molecule has 0 aliphatic heterocycles. The molecular weight excluding hydrogens is 429 g/mol. The first-order chi connectivity index (χ1) is 15.4. The highest BCUT2D eigenvalue weighted by Crippen LogP contribution is 2.28. The smallest absolute Gasteiger partial charge is 0.339 e. The Balaban J connectivity index is 1.49. The number of thiophene rings is 1. The van der Waals surface area contributed by atoms with E-state index in [1.54, 1.807) is 24.3 Å². The minimum Gasteiger partial charge on any atom is -0.490 e. The first-order valence-electron chi connectivity index (χ1n) is 10.2. The number of benzene rings is 2. The number of rotatable bonds is 8. The molecule has 2 aromatic carbocycles. The highest BCUT2D eigenvalue weighted by Gasteiger charge is 2.15. The molecule has 2 heterocycles. The summed E-state index contributed by atoms with van der Waals surface area (Å²) in [6.07, 6.45) is 1.93. The minimum absolute atomic E-state index is 0.102. The van der Waals surface area contributed by atoms with Crippen molar-refractivity contribution in [3.05, 3.63) is 71.1 Å². The minimum atomic E-state index is -1.05. The Morgan fingerprint density at radius 1 is 1.19 bits per heavy atom. The van der Waals surface area contributed by atoms with Crippen LogP contribution in [0.1, 0.15) is 29.8 Å². The lowest BCUT2D eigenvalue weighted by Gasteiger charge is -2.14. The summed E-state index contributed by atoms with van der Waals surface area (Å²) in [5, 5.41) is 15.4. The summed E-state index contributed by atoms with van der Waals surface area (Å²) in [5.74, 6) is -0.319. The number of aromatic nitrogens is 2. The normalized spacial score (nSPS) is 11.1. The average Bonchev–Trinajstić information content (AvgIpc) is 3.23. The van der Waals surface area contributed by atoms with Crippen LogP contribution in [0.2, 0.25) is 0 Å². The van der Waals surface area contributed by atoms with Crippen molar-refractivity contribution in [3.63, 3.8) is 0 Å². The molecule has 0 amide bonds. The van der Waals surface area contributed by atoms with Crippen LogP contribution in [0, 0.1) is 5.82 Å². The third-order valence-electron chi connectivity index (χ3n) is 4.82. The van der Waals surface area contributed by atoms with E-state index in [1.165, 1.54) is 23.7 Å². The number of fused-ring (bicyclic) bond motifs is 1. The Morgan fingerprint density at radius 2 is 2.03 bits per heavy atom. The molecular formula is C24H22FN3O3S. The van der Waals surface area contributed by atoms with Crippen LogP contribution in [-0.4, -0.2) is 33.7 Å². The summed E-state index contributed by atoms with van der Waals surface area (Å²) in [6, 6.07) is 12.2. The van der Waals surface area contributed by atoms with E-state index in [0.29, 0.717) is 34.9 Å². The molecule has 0 saturated heterocycles. The molecule has 4 aromatic rings. The van der Waals surface area contributed by atoms with Crippen molar-refractivity contribution >= 4 is 33.2 Å². The van der Waals surface area contributed by atoms with Crippen LogP contribution < -0.4 is 10.1 Å². The number of carboxylic acids is 1. The first kappa shape index (κ1) is 21.7. The summed E-state index contributed by atoms with van der Waals surface area (Å²) in [7, 11) is 0. The van der Waals surface area contributed by atoms with Crippen molar-refractivity contribution in [3.8, 4) is 17.0 Å². The fourth-order valence-corrected chi connectivity index (χ4v) is 4.18. The SMILES string of the molecule is CC(C)Oc1cc(-c2cc(NCCc3cc(F)c4sccc4c3)ncn2)ccc1C(=O)O. The average molecular weight is 452 g/mol. The van der Waals surface area contributed by atoms with E-state index in [-0.39, 0.29) is 17.5 Å². The number of aromatic carboxylic acids is 1. The number of anilines is 1. The molecule has 0 bridgehead atoms. The van der Waals surface area contributed by atoms with Gasteiger partial charge in [0.15, 0.2) is 0 Å². The van der Waals surface area contributed by atoms with Gasteiger partial charge < -0.3 is 15.2 Å². The van der Waals surface area contributed by atoms with Crippen LogP contribution in [0.15, 0.2) is 54.2 Å². The second-order valence-electron chi connectivity index (χ2n) is 7.56. The van der Waals surface area contributed by atoms with Crippen molar-refractivity contribution in [2.24, 2.45) is 0 Å². The predicted octanol–water partition coefficient (Wildman–Crippen LogP) is 5.64. The molecule has 6 nitrogen and oxygen atoms in total. The molecule has 0 spiro atoms. The Kier molecular flexibility index (Phi) is 6.32. The fourth-order valence-electron chi connectivity index (χ4n) is 3.40. The third-order valence-corrected chi connectivity index (χ3v) is 5.76. The molecule has 0 atom stereocenters. The van der Waals surface area contributed by atoms with E-state index in [1.807, 2.05) is 31.4 Å². The summed E-state index contributed by atoms with van der Waals surface area (Å²) in [6.45, 7) is 4.26. The summed E-state index contributed by atoms with van der Waals surface area (Å²) in [5.41, 5.74) is 2.37. The highest BCUT2D eigenvalue weighted by molar-refractivity contribution is 7.17. The monoisotopic (exact) mass is 451 g/mol. The molecule has 164 valence electrons. The number of nitrogens with zero attached hydrogens (tertiary/aromatic N) is 2. The van der Waals surface area contributed by atoms with E-state index in [2.05, 4.69) is 15.3 Å². The highest BCUT2D eigenvalue weighted by atomic mass is 32.1. The van der Waals surface area contributed by atoms with Crippen LogP contribution in [0.4, 0.5) is 10.2 Å². The third kappa shape index (κ3) is 4.86. The maximum Gasteiger partial charge on any atom is 0.339 e. The molecule has 0 aliphatic rings. The second kappa shape index (κ2) is 9.32. The van der Waals surface area contributed by atoms with Gasteiger partial charge in [-0.05, 0) is 60.9 Å². The van der Waals surface area contributed by atoms with E-state index >= 15 is 0 Å². The number of halogens is 1. The van der Waals surface area contributed by atoms with E-state index in [9.17, 15) is 14.3 Å². The molecule has 0 saturated carbocycles. The largest absolute Gasteiger partial charge is 0.490 e. The van der Waals surface area contributed by atoms with Gasteiger partial charge in [-0.1, -0.05) is 12.1 Å². The number of hydrogen-bond acceptors (Lipinski definition) is 6. The van der Waals surface area contributed by atoms with Gasteiger partial charge in [-0.15, -0.1) is 11.3 Å². The maximum absolute atomic E-state index is 14.2. The van der Waals surface area contributed by atoms with Crippen LogP contribution in [0.5, 0.6) is 5.75 Å². The van der Waals surface area contributed by atoms with Gasteiger partial charge in [0.1, 0.15) is 29.3 Å². The van der Waals surface area contributed by atoms with Crippen molar-refractivity contribution in [2.75, 3.05) is 11.9 Å². The van der Waals surface area contributed by atoms with Gasteiger partial charge in [-0.25, -0.2) is 19.2 Å². The van der Waals surface area contributed by atoms with Gasteiger partial charge in [0.05, 0.1) is 16.5 Å². The van der Waals surface area contributed by atoms with Crippen molar-refractivity contribution in [1.29, 1.82) is 0 Å². The van der Waals surface area contributed by atoms with Gasteiger partial charge >= 0.3 is 5.97 Å². The zero-order valence-electron chi connectivity index (χ0n) is 17.6. The zero-order chi connectivity index (χ0) is 22.7. The van der Waals surface area contributed by atoms with Gasteiger partial charge in [0, 0.05) is 18.2 Å². The Labute approximate surface area is 188 Å². The lowest BCUT2D eigenvalue weighted by molar-refractivity contribution is 0.0690. The molecule has 4 rings (SSSR count). The molecule has 0 radical (unpaired) electrons. The van der Waals surface area contributed by atoms with Crippen molar-refractivity contribution in [1.82, 2.24) is 9.97 Å². The fraction of sp³-hybridized carbons (Fsp3) is 0.208. The molecule has 32 heavy (non-hydrogen) atoms. The van der Waals surface area contributed by atoms with Gasteiger partial charge in [0.2, 0.25) is 0 Å². The number of carbonyl (C=O) groups is 1. The van der Waals surface area contributed by atoms with Crippen LogP contribution in [-0.2, 0) is 6.42 Å². The van der Waals surface area contributed by atoms with Gasteiger partial charge in [-0.2, -0.15) is 0 Å². The summed E-state index contributed by atoms with van der Waals surface area (Å²) < 4.78 is 20.5. The van der Waals surface area contributed by atoms with E-state index in [4.69, 9.17) is 4.74 Å². The Hall–Kier alpha value is -3.52. The maximum atomic E-state index is 14.2. The summed E-state index contributed by atoms with van der Waals surface area (Å²) in [4.78, 5) is 20.0. The first-order valence-corrected chi connectivity index (χ1v) is 11.0. The van der Waals surface area contributed by atoms with E-state index in [0.717, 1.165) is 16.5 Å². The summed E-state index contributed by atoms with van der Waals surface area (Å²) >= 11 is 1.40. The zero-order valence-corrected chi connectivity index (χ0v) is 18.4. The molecule has 2 aromatic heterocycles. The van der Waals surface area contributed by atoms with Crippen molar-refractivity contribution in [2.45, 2.75) is 26.4 Å². The van der Waals surface area contributed by atoms with E-state index < -0.39 is 5.97 Å². The van der Waals surface area contributed by atoms with Crippen LogP contribution >= 0.6 is 11.3 Å². The second-order valence-corrected chi connectivity index (χ2v) is 8.48. The standard InChI is InChI=1S/C24H22FN3O3S/c1-14(2)31-21-11-16(3-4-18(21)24(29)30)20-12-22(28-13-27-20)26-7-5-15-9-17-6-8-32-23(17)19(25)10-15/h3-4,6,8-14H,5,7H2,1-2H3,(H,29,30)(H,26,27,28). The predicted molar refractivity (Wildman–Crippen MR) is 124 cm³/mol. The number of hydrogen-bond donors (Lipinski definition) is 2. The van der Waals surface area contributed by atoms with Gasteiger partial charge in [0.25, 0.3) is 0 Å². The molecule has 8 heteroatoms. The number of ether oxygens (including phenoxy) is 1. The quantitative estimate of drug-likeness (QED) is 0.361. The Bertz CT molecular complexity index is 1270. The van der Waals surface area contributed by atoms with Crippen molar-refractivity contribution < 1.29 is 19.0 Å². The molecule has 2 N–H and O–H groups in total. The lowest BCUT2D eigenvalue weighted by Crippen LogP contribution is -2.10. The number of carboxylic acid groups (broad SMARTS) is 1. The molecule has 0 aliphatic carbocycles. The topological polar surface area (TPSA) is 84.3 Å².